The molecule has 0 amide bonds. The zero-order chi connectivity index (χ0) is 14.9. The predicted molar refractivity (Wildman–Crippen MR) is 93.0 cm³/mol. The number of nitrogens with one attached hydrogen (secondary N) is 1. The molecular formula is C18H19NOS. The molecule has 108 valence electrons. The second-order valence-electron chi connectivity index (χ2n) is 4.65. The van der Waals surface area contributed by atoms with Crippen LogP contribution in [0.15, 0.2) is 60.7 Å². The summed E-state index contributed by atoms with van der Waals surface area (Å²) in [5, 5.41) is 3.56. The Balaban J connectivity index is 1.91. The van der Waals surface area contributed by atoms with Gasteiger partial charge < -0.3 is 5.32 Å². The Bertz CT molecular complexity index is 608. The second kappa shape index (κ2) is 8.32. The Morgan fingerprint density at radius 3 is 2.62 bits per heavy atom. The molecule has 0 saturated carbocycles. The van der Waals surface area contributed by atoms with Gasteiger partial charge >= 0.3 is 0 Å². The number of allylic oxidation sites excluding steroid dienone is 1. The monoisotopic (exact) mass is 297 g/mol. The van der Waals surface area contributed by atoms with Gasteiger partial charge in [0.15, 0.2) is 5.12 Å². The molecule has 0 aliphatic heterocycles. The summed E-state index contributed by atoms with van der Waals surface area (Å²) < 4.78 is 0. The third-order valence-corrected chi connectivity index (χ3v) is 3.70. The van der Waals surface area contributed by atoms with Crippen LogP contribution >= 0.6 is 11.8 Å². The molecule has 0 bridgehead atoms. The van der Waals surface area contributed by atoms with Crippen molar-refractivity contribution in [2.75, 3.05) is 11.1 Å². The van der Waals surface area contributed by atoms with E-state index in [0.29, 0.717) is 0 Å². The molecule has 0 atom stereocenters. The normalized spacial score (nSPS) is 10.7. The summed E-state index contributed by atoms with van der Waals surface area (Å²) in [6.07, 6.45) is 5.11. The number of anilines is 2. The van der Waals surface area contributed by atoms with Gasteiger partial charge in [0.05, 0.1) is 0 Å². The zero-order valence-corrected chi connectivity index (χ0v) is 12.9. The topological polar surface area (TPSA) is 29.1 Å². The van der Waals surface area contributed by atoms with Gasteiger partial charge in [-0.25, -0.2) is 0 Å². The highest BCUT2D eigenvalue weighted by atomic mass is 32.2. The Morgan fingerprint density at radius 2 is 1.86 bits per heavy atom. The van der Waals surface area contributed by atoms with Gasteiger partial charge in [0, 0.05) is 24.1 Å². The average molecular weight is 297 g/mol. The second-order valence-corrected chi connectivity index (χ2v) is 5.92. The van der Waals surface area contributed by atoms with Crippen LogP contribution in [0.5, 0.6) is 0 Å². The number of thioether (sulfide) groups is 1. The largest absolute Gasteiger partial charge is 0.356 e. The van der Waals surface area contributed by atoms with Crippen molar-refractivity contribution in [1.82, 2.24) is 0 Å². The molecule has 0 fully saturated rings. The Hall–Kier alpha value is -2.00. The van der Waals surface area contributed by atoms with Gasteiger partial charge in [0.2, 0.25) is 0 Å². The first-order valence-electron chi connectivity index (χ1n) is 6.96. The number of carbonyl (C=O) groups is 1. The minimum atomic E-state index is 0.178. The maximum atomic E-state index is 10.8. The minimum absolute atomic E-state index is 0.178. The first-order chi connectivity index (χ1) is 10.2. The van der Waals surface area contributed by atoms with Crippen molar-refractivity contribution in [1.29, 1.82) is 0 Å². The van der Waals surface area contributed by atoms with E-state index in [1.54, 1.807) is 6.92 Å². The lowest BCUT2D eigenvalue weighted by molar-refractivity contribution is -0.109. The molecule has 2 aromatic rings. The Labute approximate surface area is 130 Å². The molecule has 1 N–H and O–H groups in total. The summed E-state index contributed by atoms with van der Waals surface area (Å²) in [4.78, 5) is 10.8. The van der Waals surface area contributed by atoms with Crippen molar-refractivity contribution >= 4 is 34.3 Å². The van der Waals surface area contributed by atoms with E-state index in [9.17, 15) is 4.79 Å². The summed E-state index contributed by atoms with van der Waals surface area (Å²) in [6, 6.07) is 18.4. The fraction of sp³-hybridized carbons (Fsp3) is 0.167. The molecule has 0 aliphatic rings. The van der Waals surface area contributed by atoms with E-state index in [0.717, 1.165) is 29.1 Å². The molecule has 3 heteroatoms. The fourth-order valence-electron chi connectivity index (χ4n) is 1.90. The van der Waals surface area contributed by atoms with Gasteiger partial charge in [0.1, 0.15) is 0 Å². The molecule has 21 heavy (non-hydrogen) atoms. The van der Waals surface area contributed by atoms with Crippen LogP contribution in [-0.4, -0.2) is 10.9 Å². The van der Waals surface area contributed by atoms with E-state index in [2.05, 4.69) is 35.7 Å². The van der Waals surface area contributed by atoms with Gasteiger partial charge in [0.25, 0.3) is 0 Å². The molecule has 0 radical (unpaired) electrons. The van der Waals surface area contributed by atoms with Crippen molar-refractivity contribution in [2.24, 2.45) is 0 Å². The van der Waals surface area contributed by atoms with Gasteiger partial charge in [-0.2, -0.15) is 0 Å². The summed E-state index contributed by atoms with van der Waals surface area (Å²) in [6.45, 7) is 1.60. The van der Waals surface area contributed by atoms with Crippen molar-refractivity contribution in [3.05, 3.63) is 66.2 Å². The maximum absolute atomic E-state index is 10.8. The van der Waals surface area contributed by atoms with Crippen molar-refractivity contribution in [3.63, 3.8) is 0 Å². The Kier molecular flexibility index (Phi) is 6.10. The number of hydrogen-bond donors (Lipinski definition) is 1. The standard InChI is InChI=1S/C18H19NOS/c1-15(20)21-13-6-5-8-16-9-7-12-18(14-16)19-17-10-3-2-4-11-17/h2-5,7-12,14,19H,6,13H2,1H3. The first-order valence-corrected chi connectivity index (χ1v) is 7.94. The molecule has 0 unspecified atom stereocenters. The Morgan fingerprint density at radius 1 is 1.10 bits per heavy atom. The van der Waals surface area contributed by atoms with E-state index in [1.807, 2.05) is 36.4 Å². The van der Waals surface area contributed by atoms with E-state index in [-0.39, 0.29) is 5.12 Å². The lowest BCUT2D eigenvalue weighted by Crippen LogP contribution is -1.89. The lowest BCUT2D eigenvalue weighted by Gasteiger charge is -2.06. The molecule has 2 aromatic carbocycles. The molecule has 0 heterocycles. The van der Waals surface area contributed by atoms with Crippen molar-refractivity contribution in [3.8, 4) is 0 Å². The highest BCUT2D eigenvalue weighted by Crippen LogP contribution is 2.18. The molecule has 2 nitrogen and oxygen atoms in total. The van der Waals surface area contributed by atoms with Crippen LogP contribution in [0.3, 0.4) is 0 Å². The number of para-hydroxylation sites is 1. The minimum Gasteiger partial charge on any atom is -0.356 e. The van der Waals surface area contributed by atoms with Gasteiger partial charge in [-0.3, -0.25) is 4.79 Å². The highest BCUT2D eigenvalue weighted by Gasteiger charge is 1.95. The summed E-state index contributed by atoms with van der Waals surface area (Å²) in [5.41, 5.74) is 3.31. The molecule has 0 aromatic heterocycles. The zero-order valence-electron chi connectivity index (χ0n) is 12.1. The van der Waals surface area contributed by atoms with Crippen LogP contribution in [0.2, 0.25) is 0 Å². The summed E-state index contributed by atoms with van der Waals surface area (Å²) in [7, 11) is 0. The number of carbonyl (C=O) groups excluding carboxylic acids is 1. The smallest absolute Gasteiger partial charge is 0.185 e. The first kappa shape index (κ1) is 15.4. The number of benzene rings is 2. The summed E-state index contributed by atoms with van der Waals surface area (Å²) >= 11 is 1.37. The quantitative estimate of drug-likeness (QED) is 0.751. The molecular weight excluding hydrogens is 278 g/mol. The third kappa shape index (κ3) is 5.88. The van der Waals surface area contributed by atoms with Gasteiger partial charge in [-0.05, 0) is 36.2 Å². The number of hydrogen-bond acceptors (Lipinski definition) is 3. The van der Waals surface area contributed by atoms with E-state index < -0.39 is 0 Å². The maximum Gasteiger partial charge on any atom is 0.185 e. The lowest BCUT2D eigenvalue weighted by atomic mass is 10.1. The number of rotatable bonds is 6. The molecule has 2 rings (SSSR count). The van der Waals surface area contributed by atoms with E-state index >= 15 is 0 Å². The SMILES string of the molecule is CC(=O)SCCC=Cc1cccc(Nc2ccccc2)c1. The van der Waals surface area contributed by atoms with Gasteiger partial charge in [-0.1, -0.05) is 54.2 Å². The molecule has 0 spiro atoms. The fourth-order valence-corrected chi connectivity index (χ4v) is 2.44. The van der Waals surface area contributed by atoms with Crippen molar-refractivity contribution in [2.45, 2.75) is 13.3 Å². The van der Waals surface area contributed by atoms with E-state index in [1.165, 1.54) is 11.8 Å². The van der Waals surface area contributed by atoms with E-state index in [4.69, 9.17) is 0 Å². The predicted octanol–water partition coefficient (Wildman–Crippen LogP) is 5.11. The third-order valence-electron chi connectivity index (χ3n) is 2.85. The van der Waals surface area contributed by atoms with Gasteiger partial charge in [-0.15, -0.1) is 0 Å². The molecule has 0 saturated heterocycles. The highest BCUT2D eigenvalue weighted by molar-refractivity contribution is 8.13. The van der Waals surface area contributed by atoms with Crippen LogP contribution in [0.1, 0.15) is 18.9 Å². The average Bonchev–Trinajstić information content (AvgIpc) is 2.48. The van der Waals surface area contributed by atoms with Crippen LogP contribution in [0.25, 0.3) is 6.08 Å². The van der Waals surface area contributed by atoms with Crippen LogP contribution in [0.4, 0.5) is 11.4 Å². The van der Waals surface area contributed by atoms with Crippen LogP contribution in [-0.2, 0) is 4.79 Å². The van der Waals surface area contributed by atoms with Crippen molar-refractivity contribution < 1.29 is 4.79 Å². The molecule has 0 aliphatic carbocycles. The van der Waals surface area contributed by atoms with Crippen LogP contribution < -0.4 is 5.32 Å². The summed E-state index contributed by atoms with van der Waals surface area (Å²) in [5.74, 6) is 0.841. The van der Waals surface area contributed by atoms with Crippen LogP contribution in [0, 0.1) is 0 Å².